The number of carbonyl (C=O) groups excluding carboxylic acids is 2. The number of ether oxygens (including phenoxy) is 2. The van der Waals surface area contributed by atoms with Crippen LogP contribution < -0.4 is 10.1 Å². The van der Waals surface area contributed by atoms with Crippen molar-refractivity contribution >= 4 is 23.6 Å². The third-order valence-corrected chi connectivity index (χ3v) is 3.97. The zero-order valence-corrected chi connectivity index (χ0v) is 16.4. The summed E-state index contributed by atoms with van der Waals surface area (Å²) >= 11 is 0. The number of anilines is 1. The minimum absolute atomic E-state index is 0.000130. The van der Waals surface area contributed by atoms with Crippen LogP contribution in [0.5, 0.6) is 5.75 Å². The summed E-state index contributed by atoms with van der Waals surface area (Å²) in [6.07, 6.45) is 1.36. The summed E-state index contributed by atoms with van der Waals surface area (Å²) in [5.41, 5.74) is 1.47. The average molecular weight is 414 g/mol. The molecule has 0 bridgehead atoms. The van der Waals surface area contributed by atoms with E-state index in [0.29, 0.717) is 11.5 Å². The van der Waals surface area contributed by atoms with Crippen LogP contribution in [0.25, 0.3) is 6.08 Å². The van der Waals surface area contributed by atoms with Crippen LogP contribution in [0, 0.1) is 11.3 Å². The number of carbonyl (C=O) groups is 2. The first-order valence-electron chi connectivity index (χ1n) is 9.02. The first-order valence-corrected chi connectivity index (χ1v) is 9.02. The van der Waals surface area contributed by atoms with Gasteiger partial charge in [-0.25, -0.2) is 4.79 Å². The Kier molecular flexibility index (Phi) is 8.06. The molecule has 2 aromatic rings. The van der Waals surface area contributed by atoms with Gasteiger partial charge in [-0.3, -0.25) is 4.79 Å². The van der Waals surface area contributed by atoms with Crippen molar-refractivity contribution in [2.75, 3.05) is 11.9 Å². The molecule has 0 aliphatic carbocycles. The Morgan fingerprint density at radius 3 is 2.40 bits per heavy atom. The molecule has 0 aliphatic rings. The number of para-hydroxylation sites is 2. The molecule has 156 valence electrons. The lowest BCUT2D eigenvalue weighted by atomic mass is 10.0. The molecule has 6 nitrogen and oxygen atoms in total. The number of alkyl halides is 2. The first-order chi connectivity index (χ1) is 14.3. The smallest absolute Gasteiger partial charge is 0.387 e. The standard InChI is InChI=1S/C22H20F2N2O4/c1-14(2)16-9-7-15(8-10-16)11-17(12-25)21(28)29-13-20(27)26-18-5-3-4-6-19(18)30-22(23)24/h3-11,14,22H,13H2,1-2H3,(H,26,27)/b17-11+. The highest BCUT2D eigenvalue weighted by atomic mass is 19.3. The zero-order valence-electron chi connectivity index (χ0n) is 16.4. The fourth-order valence-corrected chi connectivity index (χ4v) is 2.44. The van der Waals surface area contributed by atoms with Crippen molar-refractivity contribution in [3.05, 3.63) is 65.2 Å². The quantitative estimate of drug-likeness (QED) is 0.390. The molecule has 0 spiro atoms. The monoisotopic (exact) mass is 414 g/mol. The van der Waals surface area contributed by atoms with Gasteiger partial charge in [-0.2, -0.15) is 14.0 Å². The zero-order chi connectivity index (χ0) is 22.1. The third-order valence-electron chi connectivity index (χ3n) is 3.97. The summed E-state index contributed by atoms with van der Waals surface area (Å²) < 4.78 is 34.0. The molecule has 0 radical (unpaired) electrons. The topological polar surface area (TPSA) is 88.4 Å². The van der Waals surface area contributed by atoms with Gasteiger partial charge in [-0.1, -0.05) is 50.2 Å². The van der Waals surface area contributed by atoms with Gasteiger partial charge in [0.25, 0.3) is 5.91 Å². The minimum Gasteiger partial charge on any atom is -0.451 e. The number of hydrogen-bond donors (Lipinski definition) is 1. The predicted molar refractivity (Wildman–Crippen MR) is 107 cm³/mol. The van der Waals surface area contributed by atoms with Crippen LogP contribution in [0.2, 0.25) is 0 Å². The lowest BCUT2D eigenvalue weighted by Gasteiger charge is -2.11. The van der Waals surface area contributed by atoms with Crippen LogP contribution >= 0.6 is 0 Å². The lowest BCUT2D eigenvalue weighted by Crippen LogP contribution is -2.22. The third kappa shape index (κ3) is 6.71. The highest BCUT2D eigenvalue weighted by molar-refractivity contribution is 6.00. The van der Waals surface area contributed by atoms with E-state index in [9.17, 15) is 23.6 Å². The number of nitrogens with one attached hydrogen (secondary N) is 1. The largest absolute Gasteiger partial charge is 0.451 e. The van der Waals surface area contributed by atoms with E-state index in [2.05, 4.69) is 10.1 Å². The Hall–Kier alpha value is -3.73. The lowest BCUT2D eigenvalue weighted by molar-refractivity contribution is -0.142. The van der Waals surface area contributed by atoms with E-state index in [-0.39, 0.29) is 17.0 Å². The number of rotatable bonds is 8. The summed E-state index contributed by atoms with van der Waals surface area (Å²) in [4.78, 5) is 24.1. The maximum absolute atomic E-state index is 12.4. The number of nitriles is 1. The second kappa shape index (κ2) is 10.7. The molecule has 1 N–H and O–H groups in total. The SMILES string of the molecule is CC(C)c1ccc(/C=C(\C#N)C(=O)OCC(=O)Nc2ccccc2OC(F)F)cc1. The highest BCUT2D eigenvalue weighted by Crippen LogP contribution is 2.25. The van der Waals surface area contributed by atoms with Gasteiger partial charge in [0.15, 0.2) is 6.61 Å². The van der Waals surface area contributed by atoms with Crippen molar-refractivity contribution in [3.8, 4) is 11.8 Å². The van der Waals surface area contributed by atoms with Crippen molar-refractivity contribution in [1.82, 2.24) is 0 Å². The Balaban J connectivity index is 1.98. The van der Waals surface area contributed by atoms with Gasteiger partial charge < -0.3 is 14.8 Å². The molecular formula is C22H20F2N2O4. The number of nitrogens with zero attached hydrogens (tertiary/aromatic N) is 1. The van der Waals surface area contributed by atoms with Crippen LogP contribution in [0.1, 0.15) is 30.9 Å². The van der Waals surface area contributed by atoms with Gasteiger partial charge in [0.2, 0.25) is 0 Å². The van der Waals surface area contributed by atoms with E-state index in [1.165, 1.54) is 30.3 Å². The number of amides is 1. The molecule has 0 unspecified atom stereocenters. The van der Waals surface area contributed by atoms with Crippen LogP contribution in [-0.4, -0.2) is 25.1 Å². The fraction of sp³-hybridized carbons (Fsp3) is 0.227. The first kappa shape index (κ1) is 22.6. The molecule has 30 heavy (non-hydrogen) atoms. The number of esters is 1. The van der Waals surface area contributed by atoms with Crippen LogP contribution in [0.15, 0.2) is 54.1 Å². The molecule has 0 aromatic heterocycles. The van der Waals surface area contributed by atoms with Gasteiger partial charge in [-0.05, 0) is 35.3 Å². The van der Waals surface area contributed by atoms with Crippen molar-refractivity contribution in [3.63, 3.8) is 0 Å². The Bertz CT molecular complexity index is 964. The molecular weight excluding hydrogens is 394 g/mol. The fourth-order valence-electron chi connectivity index (χ4n) is 2.44. The Morgan fingerprint density at radius 2 is 1.80 bits per heavy atom. The Labute approximate surface area is 172 Å². The van der Waals surface area contributed by atoms with E-state index in [1.54, 1.807) is 18.2 Å². The van der Waals surface area contributed by atoms with E-state index < -0.39 is 25.1 Å². The maximum Gasteiger partial charge on any atom is 0.387 e. The van der Waals surface area contributed by atoms with E-state index >= 15 is 0 Å². The number of halogens is 2. The van der Waals surface area contributed by atoms with Crippen molar-refractivity contribution in [1.29, 1.82) is 5.26 Å². The van der Waals surface area contributed by atoms with E-state index in [4.69, 9.17) is 4.74 Å². The van der Waals surface area contributed by atoms with E-state index in [1.807, 2.05) is 26.0 Å². The second-order valence-corrected chi connectivity index (χ2v) is 6.49. The molecule has 2 aromatic carbocycles. The normalized spacial score (nSPS) is 11.2. The number of benzene rings is 2. The van der Waals surface area contributed by atoms with Crippen molar-refractivity contribution in [2.45, 2.75) is 26.4 Å². The molecule has 0 saturated carbocycles. The van der Waals surface area contributed by atoms with Crippen molar-refractivity contribution in [2.24, 2.45) is 0 Å². The molecule has 1 amide bonds. The second-order valence-electron chi connectivity index (χ2n) is 6.49. The summed E-state index contributed by atoms with van der Waals surface area (Å²) in [5, 5.41) is 11.5. The molecule has 2 rings (SSSR count). The van der Waals surface area contributed by atoms with Crippen LogP contribution in [0.3, 0.4) is 0 Å². The Morgan fingerprint density at radius 1 is 1.13 bits per heavy atom. The summed E-state index contributed by atoms with van der Waals surface area (Å²) in [7, 11) is 0. The summed E-state index contributed by atoms with van der Waals surface area (Å²) in [6, 6.07) is 14.7. The summed E-state index contributed by atoms with van der Waals surface area (Å²) in [6.45, 7) is 0.337. The molecule has 8 heteroatoms. The summed E-state index contributed by atoms with van der Waals surface area (Å²) in [5.74, 6) is -1.63. The van der Waals surface area contributed by atoms with Crippen molar-refractivity contribution < 1.29 is 27.8 Å². The van der Waals surface area contributed by atoms with Crippen LogP contribution in [-0.2, 0) is 14.3 Å². The van der Waals surface area contributed by atoms with Gasteiger partial charge in [-0.15, -0.1) is 0 Å². The van der Waals surface area contributed by atoms with Gasteiger partial charge in [0.05, 0.1) is 5.69 Å². The molecule has 0 fully saturated rings. The van der Waals surface area contributed by atoms with Crippen LogP contribution in [0.4, 0.5) is 14.5 Å². The molecule has 0 atom stereocenters. The molecule has 0 saturated heterocycles. The molecule has 0 aliphatic heterocycles. The minimum atomic E-state index is -3.06. The van der Waals surface area contributed by atoms with Gasteiger partial charge in [0, 0.05) is 0 Å². The average Bonchev–Trinajstić information content (AvgIpc) is 2.71. The van der Waals surface area contributed by atoms with E-state index in [0.717, 1.165) is 5.56 Å². The van der Waals surface area contributed by atoms with Gasteiger partial charge >= 0.3 is 12.6 Å². The number of hydrogen-bond acceptors (Lipinski definition) is 5. The maximum atomic E-state index is 12.4. The van der Waals surface area contributed by atoms with Gasteiger partial charge in [0.1, 0.15) is 17.4 Å². The molecule has 0 heterocycles. The highest BCUT2D eigenvalue weighted by Gasteiger charge is 2.15. The predicted octanol–water partition coefficient (Wildman–Crippen LogP) is 4.50.